The van der Waals surface area contributed by atoms with E-state index >= 15 is 0 Å². The van der Waals surface area contributed by atoms with Gasteiger partial charge in [0, 0.05) is 17.4 Å². The van der Waals surface area contributed by atoms with Crippen molar-refractivity contribution in [3.05, 3.63) is 34.9 Å². The van der Waals surface area contributed by atoms with Crippen LogP contribution in [-0.4, -0.2) is 12.1 Å². The SMILES string of the molecule is CC(C)c1ccc2c(c1)C(=O)CC1[C@](C)(C=O)CCC[C@]21C. The van der Waals surface area contributed by atoms with Crippen LogP contribution in [0, 0.1) is 11.3 Å². The molecule has 2 aliphatic rings. The lowest BCUT2D eigenvalue weighted by molar-refractivity contribution is -0.122. The largest absolute Gasteiger partial charge is 0.303 e. The average molecular weight is 298 g/mol. The average Bonchev–Trinajstić information content (AvgIpc) is 2.49. The fraction of sp³-hybridized carbons (Fsp3) is 0.600. The number of carbonyl (C=O) groups excluding carboxylic acids is 2. The van der Waals surface area contributed by atoms with E-state index in [0.29, 0.717) is 12.3 Å². The number of hydrogen-bond acceptors (Lipinski definition) is 2. The number of rotatable bonds is 2. The molecular formula is C20H26O2. The van der Waals surface area contributed by atoms with Crippen LogP contribution in [0.2, 0.25) is 0 Å². The predicted molar refractivity (Wildman–Crippen MR) is 88.3 cm³/mol. The Balaban J connectivity index is 2.15. The third-order valence-electron chi connectivity index (χ3n) is 6.26. The quantitative estimate of drug-likeness (QED) is 0.744. The molecule has 0 spiro atoms. The third-order valence-corrected chi connectivity index (χ3v) is 6.26. The second-order valence-corrected chi connectivity index (χ2v) is 8.03. The zero-order chi connectivity index (χ0) is 16.1. The first kappa shape index (κ1) is 15.5. The standard InChI is InChI=1S/C20H26O2/c1-13(2)14-6-7-16-15(10-14)17(22)11-18-19(3,12-21)8-5-9-20(16,18)4/h6-7,10,12-13,18H,5,8-9,11H2,1-4H3/t18?,19-,20+/m0/s1. The maximum absolute atomic E-state index is 12.7. The van der Waals surface area contributed by atoms with E-state index in [1.807, 2.05) is 6.92 Å². The monoisotopic (exact) mass is 298 g/mol. The highest BCUT2D eigenvalue weighted by atomic mass is 16.1. The van der Waals surface area contributed by atoms with Crippen molar-refractivity contribution in [2.24, 2.45) is 11.3 Å². The van der Waals surface area contributed by atoms with E-state index < -0.39 is 0 Å². The van der Waals surface area contributed by atoms with Gasteiger partial charge >= 0.3 is 0 Å². The lowest BCUT2D eigenvalue weighted by Gasteiger charge is -2.53. The molecule has 0 N–H and O–H groups in total. The molecule has 2 nitrogen and oxygen atoms in total. The molecule has 1 aromatic carbocycles. The summed E-state index contributed by atoms with van der Waals surface area (Å²) < 4.78 is 0. The number of aldehydes is 1. The van der Waals surface area contributed by atoms with Gasteiger partial charge in [-0.05, 0) is 47.3 Å². The summed E-state index contributed by atoms with van der Waals surface area (Å²) in [5.74, 6) is 0.779. The van der Waals surface area contributed by atoms with Crippen LogP contribution < -0.4 is 0 Å². The molecule has 0 aromatic heterocycles. The Morgan fingerprint density at radius 3 is 2.59 bits per heavy atom. The number of ketones is 1. The highest BCUT2D eigenvalue weighted by molar-refractivity contribution is 6.00. The maximum atomic E-state index is 12.7. The Labute approximate surface area is 133 Å². The van der Waals surface area contributed by atoms with Gasteiger partial charge in [0.2, 0.25) is 0 Å². The van der Waals surface area contributed by atoms with Gasteiger partial charge in [0.15, 0.2) is 5.78 Å². The van der Waals surface area contributed by atoms with Crippen LogP contribution in [0.3, 0.4) is 0 Å². The van der Waals surface area contributed by atoms with E-state index in [0.717, 1.165) is 31.1 Å². The molecule has 1 unspecified atom stereocenters. The van der Waals surface area contributed by atoms with Crippen LogP contribution in [-0.2, 0) is 10.2 Å². The molecular weight excluding hydrogens is 272 g/mol. The van der Waals surface area contributed by atoms with Crippen LogP contribution in [0.1, 0.15) is 80.8 Å². The number of Topliss-reactive ketones (excluding diaryl/α,β-unsaturated/α-hetero) is 1. The Morgan fingerprint density at radius 2 is 1.95 bits per heavy atom. The van der Waals surface area contributed by atoms with Gasteiger partial charge in [-0.1, -0.05) is 46.2 Å². The highest BCUT2D eigenvalue weighted by Gasteiger charge is 2.53. The molecule has 1 aromatic rings. The van der Waals surface area contributed by atoms with Crippen LogP contribution in [0.4, 0.5) is 0 Å². The lowest BCUT2D eigenvalue weighted by Crippen LogP contribution is -2.51. The van der Waals surface area contributed by atoms with Crippen molar-refractivity contribution < 1.29 is 9.59 Å². The number of carbonyl (C=O) groups is 2. The van der Waals surface area contributed by atoms with Gasteiger partial charge in [0.1, 0.15) is 6.29 Å². The molecule has 2 aliphatic carbocycles. The maximum Gasteiger partial charge on any atom is 0.163 e. The van der Waals surface area contributed by atoms with Crippen molar-refractivity contribution in [2.75, 3.05) is 0 Å². The smallest absolute Gasteiger partial charge is 0.163 e. The Hall–Kier alpha value is -1.44. The molecule has 118 valence electrons. The van der Waals surface area contributed by atoms with Gasteiger partial charge in [-0.2, -0.15) is 0 Å². The van der Waals surface area contributed by atoms with E-state index in [9.17, 15) is 9.59 Å². The molecule has 22 heavy (non-hydrogen) atoms. The summed E-state index contributed by atoms with van der Waals surface area (Å²) in [5.41, 5.74) is 2.89. The van der Waals surface area contributed by atoms with Crippen LogP contribution in [0.5, 0.6) is 0 Å². The Morgan fingerprint density at radius 1 is 1.23 bits per heavy atom. The first-order chi connectivity index (χ1) is 10.3. The van der Waals surface area contributed by atoms with E-state index in [1.165, 1.54) is 11.1 Å². The van der Waals surface area contributed by atoms with E-state index in [2.05, 4.69) is 39.0 Å². The van der Waals surface area contributed by atoms with Gasteiger partial charge in [0.05, 0.1) is 0 Å². The fourth-order valence-electron chi connectivity index (χ4n) is 4.78. The van der Waals surface area contributed by atoms with Crippen molar-refractivity contribution in [1.29, 1.82) is 0 Å². The molecule has 0 amide bonds. The molecule has 0 saturated heterocycles. The molecule has 3 atom stereocenters. The van der Waals surface area contributed by atoms with Gasteiger partial charge < -0.3 is 4.79 Å². The van der Waals surface area contributed by atoms with Crippen LogP contribution in [0.15, 0.2) is 18.2 Å². The summed E-state index contributed by atoms with van der Waals surface area (Å²) in [6.07, 6.45) is 4.66. The van der Waals surface area contributed by atoms with Crippen molar-refractivity contribution >= 4 is 12.1 Å². The summed E-state index contributed by atoms with van der Waals surface area (Å²) in [7, 11) is 0. The van der Waals surface area contributed by atoms with Crippen molar-refractivity contribution in [1.82, 2.24) is 0 Å². The van der Waals surface area contributed by atoms with Crippen molar-refractivity contribution in [3.8, 4) is 0 Å². The summed E-state index contributed by atoms with van der Waals surface area (Å²) in [6, 6.07) is 6.42. The van der Waals surface area contributed by atoms with Gasteiger partial charge in [-0.25, -0.2) is 0 Å². The second kappa shape index (κ2) is 5.04. The second-order valence-electron chi connectivity index (χ2n) is 8.03. The van der Waals surface area contributed by atoms with Gasteiger partial charge in [-0.15, -0.1) is 0 Å². The predicted octanol–water partition coefficient (Wildman–Crippen LogP) is 4.66. The zero-order valence-electron chi connectivity index (χ0n) is 14.1. The zero-order valence-corrected chi connectivity index (χ0v) is 14.1. The number of benzene rings is 1. The highest BCUT2D eigenvalue weighted by Crippen LogP contribution is 2.56. The van der Waals surface area contributed by atoms with Crippen molar-refractivity contribution in [3.63, 3.8) is 0 Å². The summed E-state index contributed by atoms with van der Waals surface area (Å²) in [5, 5.41) is 0. The first-order valence-electron chi connectivity index (χ1n) is 8.46. The molecule has 0 aliphatic heterocycles. The van der Waals surface area contributed by atoms with Gasteiger partial charge in [0.25, 0.3) is 0 Å². The normalized spacial score (nSPS) is 34.2. The minimum atomic E-state index is -0.364. The lowest BCUT2D eigenvalue weighted by atomic mass is 9.50. The Kier molecular flexibility index (Phi) is 3.54. The minimum absolute atomic E-state index is 0.0489. The third kappa shape index (κ3) is 2.07. The van der Waals surface area contributed by atoms with E-state index in [-0.39, 0.29) is 22.5 Å². The molecule has 0 radical (unpaired) electrons. The summed E-state index contributed by atoms with van der Waals surface area (Å²) >= 11 is 0. The summed E-state index contributed by atoms with van der Waals surface area (Å²) in [4.78, 5) is 24.5. The molecule has 0 heterocycles. The first-order valence-corrected chi connectivity index (χ1v) is 8.46. The number of hydrogen-bond donors (Lipinski definition) is 0. The van der Waals surface area contributed by atoms with Crippen molar-refractivity contribution in [2.45, 2.75) is 64.7 Å². The van der Waals surface area contributed by atoms with Crippen LogP contribution in [0.25, 0.3) is 0 Å². The molecule has 1 fully saturated rings. The van der Waals surface area contributed by atoms with Crippen LogP contribution >= 0.6 is 0 Å². The fourth-order valence-corrected chi connectivity index (χ4v) is 4.78. The number of fused-ring (bicyclic) bond motifs is 3. The summed E-state index contributed by atoms with van der Waals surface area (Å²) in [6.45, 7) is 8.62. The topological polar surface area (TPSA) is 34.1 Å². The minimum Gasteiger partial charge on any atom is -0.303 e. The molecule has 3 rings (SSSR count). The Bertz CT molecular complexity index is 631. The van der Waals surface area contributed by atoms with E-state index in [4.69, 9.17) is 0 Å². The molecule has 2 heteroatoms. The van der Waals surface area contributed by atoms with Gasteiger partial charge in [-0.3, -0.25) is 4.79 Å². The molecule has 1 saturated carbocycles. The molecule has 0 bridgehead atoms. The van der Waals surface area contributed by atoms with E-state index in [1.54, 1.807) is 0 Å².